The Morgan fingerprint density at radius 3 is 2.82 bits per heavy atom. The van der Waals surface area contributed by atoms with Gasteiger partial charge in [-0.15, -0.1) is 0 Å². The second-order valence-corrected chi connectivity index (χ2v) is 5.85. The number of aliphatic carboxylic acids is 1. The quantitative estimate of drug-likeness (QED) is 0.801. The van der Waals surface area contributed by atoms with Crippen LogP contribution in [0.1, 0.15) is 12.8 Å². The van der Waals surface area contributed by atoms with Gasteiger partial charge < -0.3 is 5.11 Å². The van der Waals surface area contributed by atoms with Gasteiger partial charge in [0, 0.05) is 19.8 Å². The van der Waals surface area contributed by atoms with Crippen LogP contribution in [0.4, 0.5) is 0 Å². The van der Waals surface area contributed by atoms with Crippen molar-refractivity contribution in [2.75, 3.05) is 6.54 Å². The van der Waals surface area contributed by atoms with Crippen molar-refractivity contribution in [1.29, 1.82) is 0 Å². The molecule has 2 heterocycles. The molecule has 1 saturated heterocycles. The van der Waals surface area contributed by atoms with Crippen molar-refractivity contribution < 1.29 is 18.3 Å². The summed E-state index contributed by atoms with van der Waals surface area (Å²) < 4.78 is 26.8. The molecule has 7 nitrogen and oxygen atoms in total. The molecule has 0 spiro atoms. The fourth-order valence-corrected chi connectivity index (χ4v) is 3.58. The highest BCUT2D eigenvalue weighted by atomic mass is 32.2. The maximum absolute atomic E-state index is 12.2. The Balaban J connectivity index is 2.36. The number of rotatable bonds is 3. The lowest BCUT2D eigenvalue weighted by atomic mass is 10.2. The van der Waals surface area contributed by atoms with Gasteiger partial charge in [-0.2, -0.15) is 9.40 Å². The average molecular weight is 259 g/mol. The highest BCUT2D eigenvalue weighted by Gasteiger charge is 2.39. The first kappa shape index (κ1) is 12.1. The summed E-state index contributed by atoms with van der Waals surface area (Å²) in [5, 5.41) is 12.8. The van der Waals surface area contributed by atoms with E-state index in [1.807, 2.05) is 0 Å². The molecule has 1 fully saturated rings. The highest BCUT2D eigenvalue weighted by Crippen LogP contribution is 2.25. The number of hydrogen-bond donors (Lipinski definition) is 1. The van der Waals surface area contributed by atoms with E-state index in [2.05, 4.69) is 5.10 Å². The van der Waals surface area contributed by atoms with Crippen molar-refractivity contribution in [2.24, 2.45) is 7.05 Å². The van der Waals surface area contributed by atoms with Crippen molar-refractivity contribution in [3.8, 4) is 0 Å². The summed E-state index contributed by atoms with van der Waals surface area (Å²) in [5.74, 6) is -1.10. The second-order valence-electron chi connectivity index (χ2n) is 3.96. The molecule has 0 amide bonds. The lowest BCUT2D eigenvalue weighted by Gasteiger charge is -2.19. The number of sulfonamides is 1. The first-order valence-electron chi connectivity index (χ1n) is 5.16. The van der Waals surface area contributed by atoms with Gasteiger partial charge in [-0.05, 0) is 12.8 Å². The number of nitrogens with zero attached hydrogens (tertiary/aromatic N) is 3. The number of aromatic nitrogens is 2. The van der Waals surface area contributed by atoms with Crippen LogP contribution < -0.4 is 0 Å². The van der Waals surface area contributed by atoms with Gasteiger partial charge in [-0.1, -0.05) is 0 Å². The minimum atomic E-state index is -3.74. The fourth-order valence-electron chi connectivity index (χ4n) is 1.94. The molecular weight excluding hydrogens is 246 g/mol. The van der Waals surface area contributed by atoms with Crippen LogP contribution in [0.2, 0.25) is 0 Å². The van der Waals surface area contributed by atoms with E-state index in [1.165, 1.54) is 17.1 Å². The Labute approximate surface area is 98.7 Å². The summed E-state index contributed by atoms with van der Waals surface area (Å²) in [6, 6.07) is -0.958. The molecule has 2 rings (SSSR count). The fraction of sp³-hybridized carbons (Fsp3) is 0.556. The molecule has 0 aromatic carbocycles. The van der Waals surface area contributed by atoms with Gasteiger partial charge in [0.15, 0.2) is 0 Å². The largest absolute Gasteiger partial charge is 0.480 e. The lowest BCUT2D eigenvalue weighted by molar-refractivity contribution is -0.140. The Morgan fingerprint density at radius 1 is 1.59 bits per heavy atom. The molecule has 1 aromatic rings. The summed E-state index contributed by atoms with van der Waals surface area (Å²) in [6.07, 6.45) is 3.52. The Morgan fingerprint density at radius 2 is 2.29 bits per heavy atom. The van der Waals surface area contributed by atoms with E-state index >= 15 is 0 Å². The molecule has 1 aliphatic rings. The van der Waals surface area contributed by atoms with E-state index in [1.54, 1.807) is 7.05 Å². The van der Waals surface area contributed by atoms with Crippen molar-refractivity contribution >= 4 is 16.0 Å². The molecule has 0 bridgehead atoms. The molecule has 1 N–H and O–H groups in total. The molecule has 8 heteroatoms. The van der Waals surface area contributed by atoms with Crippen molar-refractivity contribution in [1.82, 2.24) is 14.1 Å². The van der Waals surface area contributed by atoms with Crippen LogP contribution in [0.25, 0.3) is 0 Å². The van der Waals surface area contributed by atoms with E-state index in [-0.39, 0.29) is 11.4 Å². The molecule has 0 unspecified atom stereocenters. The molecule has 1 atom stereocenters. The van der Waals surface area contributed by atoms with Gasteiger partial charge in [-0.3, -0.25) is 9.48 Å². The normalized spacial score (nSPS) is 21.8. The van der Waals surface area contributed by atoms with Crippen LogP contribution in [0, 0.1) is 0 Å². The predicted molar refractivity (Wildman–Crippen MR) is 57.8 cm³/mol. The third-order valence-electron chi connectivity index (χ3n) is 2.78. The minimum Gasteiger partial charge on any atom is -0.480 e. The molecule has 0 saturated carbocycles. The topological polar surface area (TPSA) is 92.5 Å². The molecule has 1 aliphatic heterocycles. The van der Waals surface area contributed by atoms with E-state index in [4.69, 9.17) is 5.11 Å². The zero-order chi connectivity index (χ0) is 12.6. The Kier molecular flexibility index (Phi) is 2.92. The van der Waals surface area contributed by atoms with Gasteiger partial charge in [0.1, 0.15) is 10.9 Å². The zero-order valence-corrected chi connectivity index (χ0v) is 10.1. The van der Waals surface area contributed by atoms with Gasteiger partial charge in [-0.25, -0.2) is 8.42 Å². The number of carboxylic acids is 1. The van der Waals surface area contributed by atoms with Crippen LogP contribution in [-0.2, 0) is 21.9 Å². The van der Waals surface area contributed by atoms with E-state index in [0.29, 0.717) is 12.8 Å². The van der Waals surface area contributed by atoms with E-state index in [0.717, 1.165) is 4.31 Å². The van der Waals surface area contributed by atoms with Gasteiger partial charge in [0.2, 0.25) is 10.0 Å². The zero-order valence-electron chi connectivity index (χ0n) is 9.28. The number of hydrogen-bond acceptors (Lipinski definition) is 4. The first-order valence-corrected chi connectivity index (χ1v) is 6.60. The highest BCUT2D eigenvalue weighted by molar-refractivity contribution is 7.89. The van der Waals surface area contributed by atoms with E-state index in [9.17, 15) is 13.2 Å². The third kappa shape index (κ3) is 2.05. The average Bonchev–Trinajstić information content (AvgIpc) is 2.84. The standard InChI is InChI=1S/C9H13N3O4S/c1-11-6-7(5-10-11)17(15,16)12-4-2-3-8(12)9(13)14/h5-6,8H,2-4H2,1H3,(H,13,14)/t8-/m0/s1. The van der Waals surface area contributed by atoms with Gasteiger partial charge in [0.05, 0.1) is 6.20 Å². The molecular formula is C9H13N3O4S. The summed E-state index contributed by atoms with van der Waals surface area (Å²) in [5.41, 5.74) is 0. The van der Waals surface area contributed by atoms with Crippen LogP contribution in [0.3, 0.4) is 0 Å². The van der Waals surface area contributed by atoms with Gasteiger partial charge >= 0.3 is 5.97 Å². The molecule has 0 aliphatic carbocycles. The predicted octanol–water partition coefficient (Wildman–Crippen LogP) is -0.342. The summed E-state index contributed by atoms with van der Waals surface area (Å²) in [6.45, 7) is 0.244. The SMILES string of the molecule is Cn1cc(S(=O)(=O)N2CCC[C@H]2C(=O)O)cn1. The van der Waals surface area contributed by atoms with Crippen LogP contribution >= 0.6 is 0 Å². The summed E-state index contributed by atoms with van der Waals surface area (Å²) in [4.78, 5) is 11.0. The monoisotopic (exact) mass is 259 g/mol. The number of carboxylic acid groups (broad SMARTS) is 1. The maximum Gasteiger partial charge on any atom is 0.322 e. The Hall–Kier alpha value is -1.41. The summed E-state index contributed by atoms with van der Waals surface area (Å²) >= 11 is 0. The van der Waals surface area contributed by atoms with Crippen molar-refractivity contribution in [3.63, 3.8) is 0 Å². The molecule has 1 aromatic heterocycles. The van der Waals surface area contributed by atoms with Crippen molar-refractivity contribution in [2.45, 2.75) is 23.8 Å². The van der Waals surface area contributed by atoms with Crippen molar-refractivity contribution in [3.05, 3.63) is 12.4 Å². The lowest BCUT2D eigenvalue weighted by Crippen LogP contribution is -2.40. The molecule has 94 valence electrons. The van der Waals surface area contributed by atoms with Gasteiger partial charge in [0.25, 0.3) is 0 Å². The maximum atomic E-state index is 12.2. The Bertz CT molecular complexity index is 536. The molecule has 0 radical (unpaired) electrons. The smallest absolute Gasteiger partial charge is 0.322 e. The van der Waals surface area contributed by atoms with Crippen LogP contribution in [0.15, 0.2) is 17.3 Å². The number of aryl methyl sites for hydroxylation is 1. The summed E-state index contributed by atoms with van der Waals surface area (Å²) in [7, 11) is -2.13. The van der Waals surface area contributed by atoms with E-state index < -0.39 is 22.0 Å². The third-order valence-corrected chi connectivity index (χ3v) is 4.64. The molecule has 17 heavy (non-hydrogen) atoms. The first-order chi connectivity index (χ1) is 7.93. The van der Waals surface area contributed by atoms with Crippen LogP contribution in [0.5, 0.6) is 0 Å². The minimum absolute atomic E-state index is 0.0353. The number of carbonyl (C=O) groups is 1. The van der Waals surface area contributed by atoms with Crippen LogP contribution in [-0.4, -0.2) is 46.2 Å². The second kappa shape index (κ2) is 4.11.